The van der Waals surface area contributed by atoms with Crippen molar-refractivity contribution >= 4 is 33.0 Å². The van der Waals surface area contributed by atoms with Gasteiger partial charge in [-0.25, -0.2) is 0 Å². The first-order valence-corrected chi connectivity index (χ1v) is 5.52. The van der Waals surface area contributed by atoms with Crippen LogP contribution in [0.15, 0.2) is 27.9 Å². The van der Waals surface area contributed by atoms with Crippen LogP contribution in [0.3, 0.4) is 0 Å². The standard InChI is InChI=1S/C9H10BrNOS/c1-2-3-8(11)9(12)6-4-13-5-7(6)10/h2,4-5,8H,1,3,11H2. The number of hydrogen-bond donors (Lipinski definition) is 1. The first-order chi connectivity index (χ1) is 6.16. The molecule has 13 heavy (non-hydrogen) atoms. The topological polar surface area (TPSA) is 43.1 Å². The van der Waals surface area contributed by atoms with Crippen LogP contribution < -0.4 is 5.73 Å². The molecule has 0 radical (unpaired) electrons. The number of thiophene rings is 1. The molecule has 0 aliphatic carbocycles. The van der Waals surface area contributed by atoms with Crippen LogP contribution >= 0.6 is 27.3 Å². The number of hydrogen-bond acceptors (Lipinski definition) is 3. The lowest BCUT2D eigenvalue weighted by atomic mass is 10.1. The second-order valence-corrected chi connectivity index (χ2v) is 4.23. The molecular formula is C9H10BrNOS. The Morgan fingerprint density at radius 3 is 2.92 bits per heavy atom. The van der Waals surface area contributed by atoms with Gasteiger partial charge in [0.05, 0.1) is 6.04 Å². The molecule has 4 heteroatoms. The highest BCUT2D eigenvalue weighted by molar-refractivity contribution is 9.10. The van der Waals surface area contributed by atoms with E-state index in [-0.39, 0.29) is 5.78 Å². The summed E-state index contributed by atoms with van der Waals surface area (Å²) in [7, 11) is 0. The van der Waals surface area contributed by atoms with Crippen LogP contribution in [0.25, 0.3) is 0 Å². The van der Waals surface area contributed by atoms with E-state index >= 15 is 0 Å². The summed E-state index contributed by atoms with van der Waals surface area (Å²) in [5.74, 6) is -0.0342. The van der Waals surface area contributed by atoms with Crippen LogP contribution in [0.4, 0.5) is 0 Å². The molecule has 0 amide bonds. The Morgan fingerprint density at radius 2 is 2.46 bits per heavy atom. The lowest BCUT2D eigenvalue weighted by molar-refractivity contribution is 0.0962. The highest BCUT2D eigenvalue weighted by Crippen LogP contribution is 2.22. The lowest BCUT2D eigenvalue weighted by Gasteiger charge is -2.06. The molecule has 0 saturated heterocycles. The summed E-state index contributed by atoms with van der Waals surface area (Å²) in [4.78, 5) is 11.6. The van der Waals surface area contributed by atoms with Gasteiger partial charge in [-0.2, -0.15) is 11.3 Å². The zero-order valence-electron chi connectivity index (χ0n) is 7.00. The van der Waals surface area contributed by atoms with Gasteiger partial charge in [-0.3, -0.25) is 4.79 Å². The van der Waals surface area contributed by atoms with Gasteiger partial charge in [0.2, 0.25) is 0 Å². The maximum absolute atomic E-state index is 11.6. The van der Waals surface area contributed by atoms with Gasteiger partial charge in [0.25, 0.3) is 0 Å². The predicted molar refractivity (Wildman–Crippen MR) is 59.1 cm³/mol. The lowest BCUT2D eigenvalue weighted by Crippen LogP contribution is -2.29. The van der Waals surface area contributed by atoms with Gasteiger partial charge in [0.1, 0.15) is 0 Å². The molecule has 1 unspecified atom stereocenters. The zero-order valence-corrected chi connectivity index (χ0v) is 9.40. The van der Waals surface area contributed by atoms with Gasteiger partial charge < -0.3 is 5.73 Å². The minimum atomic E-state index is -0.469. The highest BCUT2D eigenvalue weighted by Gasteiger charge is 2.17. The van der Waals surface area contributed by atoms with E-state index < -0.39 is 6.04 Å². The molecule has 0 fully saturated rings. The Morgan fingerprint density at radius 1 is 1.77 bits per heavy atom. The molecule has 0 aliphatic rings. The SMILES string of the molecule is C=CCC(N)C(=O)c1cscc1Br. The van der Waals surface area contributed by atoms with Crippen molar-refractivity contribution in [1.82, 2.24) is 0 Å². The van der Waals surface area contributed by atoms with Crippen molar-refractivity contribution in [2.24, 2.45) is 5.73 Å². The van der Waals surface area contributed by atoms with E-state index in [4.69, 9.17) is 5.73 Å². The fourth-order valence-corrected chi connectivity index (χ4v) is 2.42. The fourth-order valence-electron chi connectivity index (χ4n) is 0.944. The maximum atomic E-state index is 11.6. The van der Waals surface area contributed by atoms with Crippen molar-refractivity contribution in [2.75, 3.05) is 0 Å². The average molecular weight is 260 g/mol. The fraction of sp³-hybridized carbons (Fsp3) is 0.222. The second-order valence-electron chi connectivity index (χ2n) is 2.63. The summed E-state index contributed by atoms with van der Waals surface area (Å²) in [5, 5.41) is 3.67. The van der Waals surface area contributed by atoms with Crippen molar-refractivity contribution in [3.8, 4) is 0 Å². The predicted octanol–water partition coefficient (Wildman–Crippen LogP) is 2.60. The van der Waals surface area contributed by atoms with E-state index in [1.807, 2.05) is 5.38 Å². The molecule has 1 aromatic rings. The molecule has 0 spiro atoms. The normalized spacial score (nSPS) is 12.5. The molecule has 2 N–H and O–H groups in total. The molecule has 1 heterocycles. The third kappa shape index (κ3) is 2.49. The third-order valence-electron chi connectivity index (χ3n) is 1.64. The summed E-state index contributed by atoms with van der Waals surface area (Å²) in [6.45, 7) is 3.55. The molecule has 0 bridgehead atoms. The van der Waals surface area contributed by atoms with E-state index in [0.29, 0.717) is 12.0 Å². The van der Waals surface area contributed by atoms with Crippen molar-refractivity contribution in [2.45, 2.75) is 12.5 Å². The first kappa shape index (κ1) is 10.6. The van der Waals surface area contributed by atoms with Gasteiger partial charge in [-0.1, -0.05) is 6.08 Å². The van der Waals surface area contributed by atoms with Crippen LogP contribution in [-0.4, -0.2) is 11.8 Å². The van der Waals surface area contributed by atoms with Crippen molar-refractivity contribution in [3.63, 3.8) is 0 Å². The van der Waals surface area contributed by atoms with Gasteiger partial charge in [0.15, 0.2) is 5.78 Å². The number of Topliss-reactive ketones (excluding diaryl/α,β-unsaturated/α-hetero) is 1. The molecule has 0 aliphatic heterocycles. The number of ketones is 1. The summed E-state index contributed by atoms with van der Waals surface area (Å²) in [5.41, 5.74) is 6.32. The molecule has 1 aromatic heterocycles. The van der Waals surface area contributed by atoms with Crippen LogP contribution in [0.5, 0.6) is 0 Å². The number of carbonyl (C=O) groups is 1. The number of halogens is 1. The first-order valence-electron chi connectivity index (χ1n) is 3.79. The van der Waals surface area contributed by atoms with Crippen molar-refractivity contribution in [3.05, 3.63) is 33.5 Å². The Labute approximate surface area is 89.6 Å². The Kier molecular flexibility index (Phi) is 3.84. The van der Waals surface area contributed by atoms with E-state index in [0.717, 1.165) is 4.47 Å². The van der Waals surface area contributed by atoms with Crippen molar-refractivity contribution < 1.29 is 4.79 Å². The molecule has 2 nitrogen and oxygen atoms in total. The molecule has 1 rings (SSSR count). The summed E-state index contributed by atoms with van der Waals surface area (Å²) >= 11 is 4.78. The third-order valence-corrected chi connectivity index (χ3v) is 3.34. The number of carbonyl (C=O) groups excluding carboxylic acids is 1. The smallest absolute Gasteiger partial charge is 0.181 e. The van der Waals surface area contributed by atoms with Crippen molar-refractivity contribution in [1.29, 1.82) is 0 Å². The van der Waals surface area contributed by atoms with E-state index in [1.54, 1.807) is 11.5 Å². The van der Waals surface area contributed by atoms with Crippen LogP contribution in [0.1, 0.15) is 16.8 Å². The van der Waals surface area contributed by atoms with Gasteiger partial charge >= 0.3 is 0 Å². The number of rotatable bonds is 4. The molecular weight excluding hydrogens is 250 g/mol. The second kappa shape index (κ2) is 4.69. The summed E-state index contributed by atoms with van der Waals surface area (Å²) in [6.07, 6.45) is 2.17. The van der Waals surface area contributed by atoms with Gasteiger partial charge in [0, 0.05) is 20.8 Å². The maximum Gasteiger partial charge on any atom is 0.181 e. The van der Waals surface area contributed by atoms with E-state index in [2.05, 4.69) is 22.5 Å². The van der Waals surface area contributed by atoms with Gasteiger partial charge in [-0.15, -0.1) is 6.58 Å². The number of nitrogens with two attached hydrogens (primary N) is 1. The van der Waals surface area contributed by atoms with Crippen LogP contribution in [0.2, 0.25) is 0 Å². The quantitative estimate of drug-likeness (QED) is 0.668. The Hall–Kier alpha value is -0.450. The summed E-state index contributed by atoms with van der Waals surface area (Å²) in [6, 6.07) is -0.469. The van der Waals surface area contributed by atoms with E-state index in [1.165, 1.54) is 11.3 Å². The molecule has 1 atom stereocenters. The Bertz CT molecular complexity index is 321. The minimum absolute atomic E-state index is 0.0342. The summed E-state index contributed by atoms with van der Waals surface area (Å²) < 4.78 is 0.821. The molecule has 0 saturated carbocycles. The van der Waals surface area contributed by atoms with Crippen LogP contribution in [0, 0.1) is 0 Å². The largest absolute Gasteiger partial charge is 0.321 e. The molecule has 70 valence electrons. The zero-order chi connectivity index (χ0) is 9.84. The van der Waals surface area contributed by atoms with Crippen LogP contribution in [-0.2, 0) is 0 Å². The van der Waals surface area contributed by atoms with E-state index in [9.17, 15) is 4.79 Å². The monoisotopic (exact) mass is 259 g/mol. The highest BCUT2D eigenvalue weighted by atomic mass is 79.9. The Balaban J connectivity index is 2.79. The van der Waals surface area contributed by atoms with Gasteiger partial charge in [-0.05, 0) is 22.4 Å². The average Bonchev–Trinajstić information content (AvgIpc) is 2.50. The minimum Gasteiger partial charge on any atom is -0.321 e. The molecule has 0 aromatic carbocycles.